The van der Waals surface area contributed by atoms with Gasteiger partial charge >= 0.3 is 6.09 Å². The van der Waals surface area contributed by atoms with E-state index in [1.54, 1.807) is 61.9 Å². The Balaban J connectivity index is 1.19. The van der Waals surface area contributed by atoms with Crippen LogP contribution < -0.4 is 16.0 Å². The smallest absolute Gasteiger partial charge is 0.412 e. The number of rotatable bonds is 6. The molecule has 40 heavy (non-hydrogen) atoms. The summed E-state index contributed by atoms with van der Waals surface area (Å²) in [6, 6.07) is 12.7. The predicted octanol–water partition coefficient (Wildman–Crippen LogP) is 5.94. The Labute approximate surface area is 237 Å². The number of carbonyl (C=O) groups is 2. The number of hydrogen-bond donors (Lipinski definition) is 3. The molecule has 1 aliphatic rings. The molecule has 0 radical (unpaired) electrons. The summed E-state index contributed by atoms with van der Waals surface area (Å²) in [5.41, 5.74) is 2.84. The first kappa shape index (κ1) is 27.4. The summed E-state index contributed by atoms with van der Waals surface area (Å²) >= 11 is 6.47. The van der Waals surface area contributed by atoms with E-state index >= 15 is 0 Å². The molecule has 0 bridgehead atoms. The second-order valence-electron chi connectivity index (χ2n) is 10.9. The van der Waals surface area contributed by atoms with E-state index < -0.39 is 11.7 Å². The molecular formula is C29H32ClN7O3. The Morgan fingerprint density at radius 3 is 2.60 bits per heavy atom. The predicted molar refractivity (Wildman–Crippen MR) is 155 cm³/mol. The summed E-state index contributed by atoms with van der Waals surface area (Å²) in [6.07, 6.45) is 8.20. The maximum atomic E-state index is 12.9. The number of halogens is 1. The van der Waals surface area contributed by atoms with Crippen LogP contribution in [-0.4, -0.2) is 49.3 Å². The lowest BCUT2D eigenvalue weighted by atomic mass is 9.91. The van der Waals surface area contributed by atoms with E-state index in [9.17, 15) is 9.59 Å². The summed E-state index contributed by atoms with van der Waals surface area (Å²) in [4.78, 5) is 34.0. The normalized spacial score (nSPS) is 17.3. The minimum atomic E-state index is -0.590. The SMILES string of the molecule is CC(C)(C)OC(=O)Nc1ccc(C(=O)NC2CCC[C@@H](Nc3ncc(Cl)c(-c4cnn5ccccc45)n3)C2)cc1. The fraction of sp³-hybridized carbons (Fsp3) is 0.345. The molecule has 1 fully saturated rings. The zero-order chi connectivity index (χ0) is 28.3. The van der Waals surface area contributed by atoms with Crippen LogP contribution in [0, 0.1) is 0 Å². The third-order valence-corrected chi connectivity index (χ3v) is 6.84. The highest BCUT2D eigenvalue weighted by Crippen LogP contribution is 2.30. The Hall–Kier alpha value is -4.18. The minimum absolute atomic E-state index is 0.00435. The highest BCUT2D eigenvalue weighted by atomic mass is 35.5. The number of hydrogen-bond acceptors (Lipinski definition) is 7. The second-order valence-corrected chi connectivity index (χ2v) is 11.3. The number of aromatic nitrogens is 4. The van der Waals surface area contributed by atoms with Crippen molar-refractivity contribution in [3.05, 3.63) is 71.6 Å². The molecule has 0 aliphatic heterocycles. The number of benzene rings is 1. The number of anilines is 2. The third-order valence-electron chi connectivity index (χ3n) is 6.56. The quantitative estimate of drug-likeness (QED) is 0.266. The van der Waals surface area contributed by atoms with Gasteiger partial charge in [-0.1, -0.05) is 17.7 Å². The molecular weight excluding hydrogens is 530 g/mol. The molecule has 0 saturated heterocycles. The molecule has 3 aromatic heterocycles. The van der Waals surface area contributed by atoms with Crippen molar-refractivity contribution in [2.75, 3.05) is 10.6 Å². The molecule has 3 heterocycles. The van der Waals surface area contributed by atoms with Crippen LogP contribution in [0.2, 0.25) is 5.02 Å². The number of carbonyl (C=O) groups excluding carboxylic acids is 2. The average Bonchev–Trinajstić information content (AvgIpc) is 3.33. The van der Waals surface area contributed by atoms with Crippen LogP contribution in [0.5, 0.6) is 0 Å². The summed E-state index contributed by atoms with van der Waals surface area (Å²) in [6.45, 7) is 5.40. The third kappa shape index (κ3) is 6.69. The van der Waals surface area contributed by atoms with Crippen molar-refractivity contribution in [1.29, 1.82) is 0 Å². The fourth-order valence-corrected chi connectivity index (χ4v) is 4.97. The van der Waals surface area contributed by atoms with E-state index in [1.165, 1.54) is 0 Å². The van der Waals surface area contributed by atoms with Crippen LogP contribution in [0.3, 0.4) is 0 Å². The second kappa shape index (κ2) is 11.5. The van der Waals surface area contributed by atoms with Gasteiger partial charge in [0, 0.05) is 35.1 Å². The average molecular weight is 562 g/mol. The molecule has 11 heteroatoms. The Morgan fingerprint density at radius 2 is 1.82 bits per heavy atom. The largest absolute Gasteiger partial charge is 0.444 e. The van der Waals surface area contributed by atoms with Gasteiger partial charge in [0.25, 0.3) is 5.91 Å². The van der Waals surface area contributed by atoms with Gasteiger partial charge in [-0.15, -0.1) is 0 Å². The van der Waals surface area contributed by atoms with E-state index in [4.69, 9.17) is 21.3 Å². The van der Waals surface area contributed by atoms with E-state index in [0.29, 0.717) is 27.9 Å². The summed E-state index contributed by atoms with van der Waals surface area (Å²) in [7, 11) is 0. The minimum Gasteiger partial charge on any atom is -0.444 e. The van der Waals surface area contributed by atoms with E-state index in [2.05, 4.69) is 26.0 Å². The van der Waals surface area contributed by atoms with Gasteiger partial charge in [0.15, 0.2) is 0 Å². The van der Waals surface area contributed by atoms with Gasteiger partial charge < -0.3 is 15.4 Å². The first-order chi connectivity index (χ1) is 19.1. The van der Waals surface area contributed by atoms with E-state index in [0.717, 1.165) is 36.8 Å². The number of pyridine rings is 1. The van der Waals surface area contributed by atoms with Gasteiger partial charge in [0.1, 0.15) is 5.60 Å². The van der Waals surface area contributed by atoms with Gasteiger partial charge in [0.2, 0.25) is 5.95 Å². The van der Waals surface area contributed by atoms with Crippen molar-refractivity contribution >= 4 is 40.8 Å². The van der Waals surface area contributed by atoms with Crippen molar-refractivity contribution in [3.8, 4) is 11.3 Å². The molecule has 1 saturated carbocycles. The molecule has 208 valence electrons. The highest BCUT2D eigenvalue weighted by molar-refractivity contribution is 6.33. The molecule has 1 unspecified atom stereocenters. The number of nitrogens with zero attached hydrogens (tertiary/aromatic N) is 4. The lowest BCUT2D eigenvalue weighted by Crippen LogP contribution is -2.42. The van der Waals surface area contributed by atoms with Crippen LogP contribution in [0.15, 0.2) is 61.1 Å². The van der Waals surface area contributed by atoms with Crippen molar-refractivity contribution in [3.63, 3.8) is 0 Å². The number of amides is 2. The van der Waals surface area contributed by atoms with Gasteiger partial charge in [-0.2, -0.15) is 5.10 Å². The van der Waals surface area contributed by atoms with Gasteiger partial charge in [-0.3, -0.25) is 10.1 Å². The molecule has 4 aromatic rings. The molecule has 5 rings (SSSR count). The lowest BCUT2D eigenvalue weighted by molar-refractivity contribution is 0.0635. The molecule has 10 nitrogen and oxygen atoms in total. The zero-order valence-electron chi connectivity index (χ0n) is 22.6. The standard InChI is InChI=1S/C29H32ClN7O3/c1-29(2,3)40-28(39)35-19-12-10-18(11-13-19)26(38)33-20-7-6-8-21(15-20)34-27-31-17-23(30)25(36-27)22-16-32-37-14-5-4-9-24(22)37/h4-5,9-14,16-17,20-21H,6-8,15H2,1-3H3,(H,33,38)(H,35,39)(H,31,34,36)/t20?,21-/m1/s1. The molecule has 1 aliphatic carbocycles. The number of fused-ring (bicyclic) bond motifs is 1. The molecule has 2 amide bonds. The van der Waals surface area contributed by atoms with Crippen molar-refractivity contribution in [1.82, 2.24) is 24.9 Å². The van der Waals surface area contributed by atoms with E-state index in [1.807, 2.05) is 24.4 Å². The van der Waals surface area contributed by atoms with Crippen LogP contribution in [0.1, 0.15) is 56.8 Å². The van der Waals surface area contributed by atoms with Gasteiger partial charge in [-0.25, -0.2) is 19.3 Å². The van der Waals surface area contributed by atoms with Crippen molar-refractivity contribution in [2.24, 2.45) is 0 Å². The van der Waals surface area contributed by atoms with Gasteiger partial charge in [-0.05, 0) is 82.9 Å². The van der Waals surface area contributed by atoms with Crippen LogP contribution in [0.25, 0.3) is 16.8 Å². The topological polar surface area (TPSA) is 123 Å². The zero-order valence-corrected chi connectivity index (χ0v) is 23.4. The van der Waals surface area contributed by atoms with Crippen LogP contribution in [0.4, 0.5) is 16.4 Å². The highest BCUT2D eigenvalue weighted by Gasteiger charge is 2.25. The van der Waals surface area contributed by atoms with Crippen molar-refractivity contribution < 1.29 is 14.3 Å². The van der Waals surface area contributed by atoms with Crippen LogP contribution in [-0.2, 0) is 4.74 Å². The molecule has 1 aromatic carbocycles. The fourth-order valence-electron chi connectivity index (χ4n) is 4.77. The first-order valence-corrected chi connectivity index (χ1v) is 13.7. The maximum Gasteiger partial charge on any atom is 0.412 e. The Kier molecular flexibility index (Phi) is 7.88. The number of nitrogens with one attached hydrogen (secondary N) is 3. The van der Waals surface area contributed by atoms with Crippen molar-refractivity contribution in [2.45, 2.75) is 64.1 Å². The maximum absolute atomic E-state index is 12.9. The molecule has 0 spiro atoms. The van der Waals surface area contributed by atoms with Gasteiger partial charge in [0.05, 0.1) is 28.6 Å². The monoisotopic (exact) mass is 561 g/mol. The first-order valence-electron chi connectivity index (χ1n) is 13.3. The van der Waals surface area contributed by atoms with E-state index in [-0.39, 0.29) is 18.0 Å². The summed E-state index contributed by atoms with van der Waals surface area (Å²) < 4.78 is 7.04. The summed E-state index contributed by atoms with van der Waals surface area (Å²) in [5.74, 6) is 0.326. The Bertz CT molecular complexity index is 1510. The Morgan fingerprint density at radius 1 is 1.05 bits per heavy atom. The lowest BCUT2D eigenvalue weighted by Gasteiger charge is -2.30. The molecule has 2 atom stereocenters. The number of ether oxygens (including phenoxy) is 1. The van der Waals surface area contributed by atoms with Crippen LogP contribution >= 0.6 is 11.6 Å². The molecule has 3 N–H and O–H groups in total. The summed E-state index contributed by atoms with van der Waals surface area (Å²) in [5, 5.41) is 14.1.